The van der Waals surface area contributed by atoms with Crippen LogP contribution in [0.3, 0.4) is 0 Å². The van der Waals surface area contributed by atoms with Gasteiger partial charge >= 0.3 is 0 Å². The first-order chi connectivity index (χ1) is 8.90. The number of rotatable bonds is 3. The number of nitrogen functional groups attached to an aromatic ring is 1. The van der Waals surface area contributed by atoms with Crippen molar-refractivity contribution in [1.29, 1.82) is 0 Å². The van der Waals surface area contributed by atoms with Gasteiger partial charge in [-0.3, -0.25) is 4.72 Å². The minimum Gasteiger partial charge on any atom is -0.395 e. The molecule has 0 radical (unpaired) electrons. The molecule has 0 unspecified atom stereocenters. The fourth-order valence-corrected chi connectivity index (χ4v) is 2.63. The van der Waals surface area contributed by atoms with E-state index in [9.17, 15) is 12.8 Å². The van der Waals surface area contributed by atoms with Crippen molar-refractivity contribution in [2.24, 2.45) is 0 Å². The second kappa shape index (κ2) is 4.98. The van der Waals surface area contributed by atoms with Gasteiger partial charge < -0.3 is 5.73 Å². The number of halogens is 2. The Morgan fingerprint density at radius 1 is 1.32 bits per heavy atom. The standard InChI is InChI=1S/C10H8ClFN4O2S/c11-10-14-5-4-8(15-10)16-19(17,18)7-3-1-2-6(12)9(7)13/h1-5H,13H2,(H,14,15,16). The van der Waals surface area contributed by atoms with Crippen molar-refractivity contribution in [3.8, 4) is 0 Å². The van der Waals surface area contributed by atoms with Crippen LogP contribution < -0.4 is 10.5 Å². The molecule has 9 heteroatoms. The molecule has 0 aliphatic carbocycles. The van der Waals surface area contributed by atoms with Crippen LogP contribution in [-0.4, -0.2) is 18.4 Å². The number of nitrogens with two attached hydrogens (primary N) is 1. The van der Waals surface area contributed by atoms with Crippen LogP contribution in [0.2, 0.25) is 5.28 Å². The highest BCUT2D eigenvalue weighted by molar-refractivity contribution is 7.92. The predicted molar refractivity (Wildman–Crippen MR) is 68.7 cm³/mol. The highest BCUT2D eigenvalue weighted by atomic mass is 35.5. The first-order valence-electron chi connectivity index (χ1n) is 4.95. The van der Waals surface area contributed by atoms with E-state index < -0.39 is 21.5 Å². The fourth-order valence-electron chi connectivity index (χ4n) is 1.34. The lowest BCUT2D eigenvalue weighted by atomic mass is 10.3. The Balaban J connectivity index is 2.41. The summed E-state index contributed by atoms with van der Waals surface area (Å²) >= 11 is 5.53. The van der Waals surface area contributed by atoms with E-state index in [2.05, 4.69) is 14.7 Å². The zero-order valence-corrected chi connectivity index (χ0v) is 10.9. The molecule has 2 aromatic rings. The van der Waals surface area contributed by atoms with Crippen LogP contribution in [0.1, 0.15) is 0 Å². The third kappa shape index (κ3) is 2.91. The zero-order valence-electron chi connectivity index (χ0n) is 9.34. The normalized spacial score (nSPS) is 11.3. The van der Waals surface area contributed by atoms with Gasteiger partial charge in [0.05, 0.1) is 5.69 Å². The monoisotopic (exact) mass is 302 g/mol. The number of hydrogen-bond donors (Lipinski definition) is 2. The van der Waals surface area contributed by atoms with E-state index in [1.807, 2.05) is 0 Å². The van der Waals surface area contributed by atoms with E-state index in [1.165, 1.54) is 24.4 Å². The Morgan fingerprint density at radius 3 is 2.74 bits per heavy atom. The number of aromatic nitrogens is 2. The Morgan fingerprint density at radius 2 is 2.05 bits per heavy atom. The van der Waals surface area contributed by atoms with Crippen molar-refractivity contribution < 1.29 is 12.8 Å². The van der Waals surface area contributed by atoms with Crippen LogP contribution >= 0.6 is 11.6 Å². The van der Waals surface area contributed by atoms with E-state index >= 15 is 0 Å². The van der Waals surface area contributed by atoms with E-state index in [4.69, 9.17) is 17.3 Å². The smallest absolute Gasteiger partial charge is 0.265 e. The minimum atomic E-state index is -4.05. The van der Waals surface area contributed by atoms with Crippen molar-refractivity contribution in [3.05, 3.63) is 41.6 Å². The molecule has 0 atom stereocenters. The molecule has 1 aromatic carbocycles. The molecular formula is C10H8ClFN4O2S. The number of benzene rings is 1. The van der Waals surface area contributed by atoms with Crippen LogP contribution in [0.5, 0.6) is 0 Å². The summed E-state index contributed by atoms with van der Waals surface area (Å²) in [7, 11) is -4.05. The molecule has 2 rings (SSSR count). The van der Waals surface area contributed by atoms with E-state index in [0.29, 0.717) is 0 Å². The summed E-state index contributed by atoms with van der Waals surface area (Å²) in [5, 5.41) is -0.118. The van der Waals surface area contributed by atoms with Crippen LogP contribution in [0.25, 0.3) is 0 Å². The molecule has 6 nitrogen and oxygen atoms in total. The highest BCUT2D eigenvalue weighted by Gasteiger charge is 2.20. The lowest BCUT2D eigenvalue weighted by Crippen LogP contribution is -2.16. The van der Waals surface area contributed by atoms with Gasteiger partial charge in [-0.05, 0) is 29.8 Å². The van der Waals surface area contributed by atoms with Gasteiger partial charge in [-0.1, -0.05) is 6.07 Å². The van der Waals surface area contributed by atoms with Crippen molar-refractivity contribution in [1.82, 2.24) is 9.97 Å². The molecule has 0 aliphatic rings. The van der Waals surface area contributed by atoms with Crippen LogP contribution in [0.15, 0.2) is 35.4 Å². The summed E-state index contributed by atoms with van der Waals surface area (Å²) < 4.78 is 39.4. The number of nitrogens with one attached hydrogen (secondary N) is 1. The number of para-hydroxylation sites is 1. The first kappa shape index (κ1) is 13.5. The summed E-state index contributed by atoms with van der Waals surface area (Å²) in [5.41, 5.74) is 4.94. The number of sulfonamides is 1. The topological polar surface area (TPSA) is 98.0 Å². The van der Waals surface area contributed by atoms with E-state index in [0.717, 1.165) is 6.07 Å². The molecule has 1 heterocycles. The van der Waals surface area contributed by atoms with Gasteiger partial charge in [0.1, 0.15) is 16.5 Å². The highest BCUT2D eigenvalue weighted by Crippen LogP contribution is 2.23. The molecule has 1 aromatic heterocycles. The van der Waals surface area contributed by atoms with Crippen molar-refractivity contribution in [2.75, 3.05) is 10.5 Å². The van der Waals surface area contributed by atoms with Crippen molar-refractivity contribution in [2.45, 2.75) is 4.90 Å². The summed E-state index contributed by atoms with van der Waals surface area (Å²) in [6, 6.07) is 4.80. The summed E-state index contributed by atoms with van der Waals surface area (Å²) in [5.74, 6) is -0.854. The maximum Gasteiger partial charge on any atom is 0.265 e. The summed E-state index contributed by atoms with van der Waals surface area (Å²) in [6.07, 6.45) is 1.28. The van der Waals surface area contributed by atoms with Gasteiger partial charge in [-0.25, -0.2) is 17.8 Å². The van der Waals surface area contributed by atoms with E-state index in [-0.39, 0.29) is 16.0 Å². The number of nitrogens with zero attached hydrogens (tertiary/aromatic N) is 2. The maximum absolute atomic E-state index is 13.2. The van der Waals surface area contributed by atoms with Crippen molar-refractivity contribution >= 4 is 33.1 Å². The maximum atomic E-state index is 13.2. The van der Waals surface area contributed by atoms with Crippen LogP contribution in [0.4, 0.5) is 15.9 Å². The minimum absolute atomic E-state index is 0.0383. The average molecular weight is 303 g/mol. The predicted octanol–water partition coefficient (Wildman–Crippen LogP) is 1.65. The molecule has 100 valence electrons. The Bertz CT molecular complexity index is 723. The second-order valence-corrected chi connectivity index (χ2v) is 5.46. The Kier molecular flexibility index (Phi) is 3.54. The molecule has 0 fully saturated rings. The lowest BCUT2D eigenvalue weighted by Gasteiger charge is -2.09. The molecule has 0 saturated carbocycles. The van der Waals surface area contributed by atoms with Gasteiger partial charge in [0.25, 0.3) is 10.0 Å². The molecule has 19 heavy (non-hydrogen) atoms. The largest absolute Gasteiger partial charge is 0.395 e. The van der Waals surface area contributed by atoms with Gasteiger partial charge in [0.2, 0.25) is 5.28 Å². The lowest BCUT2D eigenvalue weighted by molar-refractivity contribution is 0.597. The summed E-state index contributed by atoms with van der Waals surface area (Å²) in [4.78, 5) is 6.90. The van der Waals surface area contributed by atoms with Gasteiger partial charge in [-0.2, -0.15) is 4.98 Å². The van der Waals surface area contributed by atoms with Gasteiger partial charge in [0.15, 0.2) is 0 Å². The molecular weight excluding hydrogens is 295 g/mol. The van der Waals surface area contributed by atoms with Gasteiger partial charge in [0, 0.05) is 6.20 Å². The van der Waals surface area contributed by atoms with Crippen LogP contribution in [0, 0.1) is 5.82 Å². The molecule has 0 amide bonds. The Labute approximate surface area is 113 Å². The van der Waals surface area contributed by atoms with Gasteiger partial charge in [-0.15, -0.1) is 0 Å². The average Bonchev–Trinajstić information content (AvgIpc) is 2.32. The molecule has 0 saturated heterocycles. The third-order valence-corrected chi connectivity index (χ3v) is 3.76. The second-order valence-electron chi connectivity index (χ2n) is 3.47. The number of anilines is 2. The van der Waals surface area contributed by atoms with Crippen molar-refractivity contribution in [3.63, 3.8) is 0 Å². The van der Waals surface area contributed by atoms with E-state index in [1.54, 1.807) is 0 Å². The fraction of sp³-hybridized carbons (Fsp3) is 0. The molecule has 0 spiro atoms. The quantitative estimate of drug-likeness (QED) is 0.663. The van der Waals surface area contributed by atoms with Crippen LogP contribution in [-0.2, 0) is 10.0 Å². The molecule has 0 bridgehead atoms. The zero-order chi connectivity index (χ0) is 14.0. The first-order valence-corrected chi connectivity index (χ1v) is 6.81. The Hall–Kier alpha value is -1.93. The third-order valence-electron chi connectivity index (χ3n) is 2.17. The molecule has 3 N–H and O–H groups in total. The summed E-state index contributed by atoms with van der Waals surface area (Å²) in [6.45, 7) is 0. The molecule has 0 aliphatic heterocycles. The SMILES string of the molecule is Nc1c(F)cccc1S(=O)(=O)Nc1ccnc(Cl)n1. The number of hydrogen-bond acceptors (Lipinski definition) is 5.